The van der Waals surface area contributed by atoms with Crippen LogP contribution in [0.3, 0.4) is 0 Å². The van der Waals surface area contributed by atoms with Crippen LogP contribution in [0.2, 0.25) is 0 Å². The number of sulfonamides is 1. The average molecular weight is 410 g/mol. The van der Waals surface area contributed by atoms with Crippen LogP contribution < -0.4 is 5.32 Å². The molecule has 1 aromatic rings. The van der Waals surface area contributed by atoms with E-state index in [1.165, 1.54) is 26.3 Å². The van der Waals surface area contributed by atoms with Crippen molar-refractivity contribution in [3.8, 4) is 0 Å². The van der Waals surface area contributed by atoms with Gasteiger partial charge in [0.1, 0.15) is 0 Å². The summed E-state index contributed by atoms with van der Waals surface area (Å²) < 4.78 is 26.6. The first-order valence-electron chi connectivity index (χ1n) is 10.3. The molecule has 1 aliphatic heterocycles. The van der Waals surface area contributed by atoms with Crippen LogP contribution in [0.15, 0.2) is 23.1 Å². The van der Waals surface area contributed by atoms with Crippen LogP contribution in [0.25, 0.3) is 0 Å². The first-order chi connectivity index (χ1) is 13.3. The minimum Gasteiger partial charge on any atom is -0.353 e. The molecular formula is C21H35N3O3S. The van der Waals surface area contributed by atoms with E-state index in [1.807, 2.05) is 13.8 Å². The normalized spacial score (nSPS) is 18.4. The van der Waals surface area contributed by atoms with Gasteiger partial charge in [-0.25, -0.2) is 8.42 Å². The Balaban J connectivity index is 1.91. The molecule has 0 bridgehead atoms. The van der Waals surface area contributed by atoms with Gasteiger partial charge in [0.05, 0.1) is 11.4 Å². The summed E-state index contributed by atoms with van der Waals surface area (Å²) in [4.78, 5) is 15.1. The van der Waals surface area contributed by atoms with Crippen molar-refractivity contribution in [3.05, 3.63) is 29.3 Å². The number of likely N-dealkylation sites (N-methyl/N-ethyl adjacent to an activating group) is 1. The van der Waals surface area contributed by atoms with Gasteiger partial charge in [-0.3, -0.25) is 9.69 Å². The van der Waals surface area contributed by atoms with Gasteiger partial charge in [0.15, 0.2) is 0 Å². The van der Waals surface area contributed by atoms with E-state index in [4.69, 9.17) is 0 Å². The maximum absolute atomic E-state index is 12.7. The monoisotopic (exact) mass is 409 g/mol. The Labute approximate surface area is 170 Å². The number of nitrogens with zero attached hydrogens (tertiary/aromatic N) is 2. The first-order valence-corrected chi connectivity index (χ1v) is 11.7. The van der Waals surface area contributed by atoms with Gasteiger partial charge >= 0.3 is 0 Å². The van der Waals surface area contributed by atoms with Crippen molar-refractivity contribution in [1.29, 1.82) is 0 Å². The minimum absolute atomic E-state index is 0.170. The minimum atomic E-state index is -3.68. The standard InChI is InChI=1S/C21H35N3O3S/c1-5-6-12-24-13-8-7-9-19(24)15-22-21(25)16-23(4)28(26,27)20-11-10-17(2)18(3)14-20/h10-11,14,19H,5-9,12-13,15-16H2,1-4H3,(H,22,25). The van der Waals surface area contributed by atoms with Gasteiger partial charge in [0.2, 0.25) is 15.9 Å². The zero-order valence-electron chi connectivity index (χ0n) is 17.7. The van der Waals surface area contributed by atoms with Gasteiger partial charge in [-0.15, -0.1) is 0 Å². The highest BCUT2D eigenvalue weighted by Gasteiger charge is 2.25. The number of likely N-dealkylation sites (tertiary alicyclic amines) is 1. The van der Waals surface area contributed by atoms with E-state index in [2.05, 4.69) is 17.1 Å². The number of aryl methyl sites for hydroxylation is 2. The molecule has 1 unspecified atom stereocenters. The Bertz CT molecular complexity index is 764. The number of nitrogens with one attached hydrogen (secondary N) is 1. The van der Waals surface area contributed by atoms with E-state index in [-0.39, 0.29) is 17.3 Å². The Hall–Kier alpha value is -1.44. The van der Waals surface area contributed by atoms with E-state index < -0.39 is 10.0 Å². The average Bonchev–Trinajstić information content (AvgIpc) is 2.67. The second-order valence-electron chi connectivity index (χ2n) is 7.85. The number of carbonyl (C=O) groups is 1. The second-order valence-corrected chi connectivity index (χ2v) is 9.90. The van der Waals surface area contributed by atoms with E-state index in [0.717, 1.165) is 41.4 Å². The summed E-state index contributed by atoms with van der Waals surface area (Å²) in [6.45, 7) is 8.58. The summed E-state index contributed by atoms with van der Waals surface area (Å²) in [5.41, 5.74) is 1.96. The predicted octanol–water partition coefficient (Wildman–Crippen LogP) is 2.69. The molecular weight excluding hydrogens is 374 g/mol. The lowest BCUT2D eigenvalue weighted by molar-refractivity contribution is -0.121. The molecule has 1 N–H and O–H groups in total. The van der Waals surface area contributed by atoms with Gasteiger partial charge in [-0.1, -0.05) is 25.8 Å². The van der Waals surface area contributed by atoms with Crippen LogP contribution in [0.4, 0.5) is 0 Å². The van der Waals surface area contributed by atoms with Crippen LogP contribution in [0.1, 0.15) is 50.2 Å². The summed E-state index contributed by atoms with van der Waals surface area (Å²) in [5.74, 6) is -0.254. The molecule has 158 valence electrons. The number of hydrogen-bond acceptors (Lipinski definition) is 4. The molecule has 2 rings (SSSR count). The third-order valence-electron chi connectivity index (χ3n) is 5.64. The Kier molecular flexibility index (Phi) is 8.46. The number of rotatable bonds is 9. The second kappa shape index (κ2) is 10.4. The zero-order valence-corrected chi connectivity index (χ0v) is 18.5. The fourth-order valence-electron chi connectivity index (χ4n) is 3.58. The molecule has 0 saturated carbocycles. The molecule has 6 nitrogen and oxygen atoms in total. The first kappa shape index (κ1) is 22.8. The number of carbonyl (C=O) groups excluding carboxylic acids is 1. The lowest BCUT2D eigenvalue weighted by atomic mass is 10.0. The molecule has 1 amide bonds. The molecule has 1 heterocycles. The van der Waals surface area contributed by atoms with E-state index in [0.29, 0.717) is 12.6 Å². The summed E-state index contributed by atoms with van der Waals surface area (Å²) in [6.07, 6.45) is 5.81. The molecule has 0 aliphatic carbocycles. The Morgan fingerprint density at radius 1 is 1.25 bits per heavy atom. The third kappa shape index (κ3) is 6.03. The molecule has 28 heavy (non-hydrogen) atoms. The summed E-state index contributed by atoms with van der Waals surface area (Å²) >= 11 is 0. The largest absolute Gasteiger partial charge is 0.353 e. The summed E-state index contributed by atoms with van der Waals surface area (Å²) in [5, 5.41) is 2.95. The van der Waals surface area contributed by atoms with Gasteiger partial charge in [0.25, 0.3) is 0 Å². The fraction of sp³-hybridized carbons (Fsp3) is 0.667. The predicted molar refractivity (Wildman–Crippen MR) is 113 cm³/mol. The highest BCUT2D eigenvalue weighted by Crippen LogP contribution is 2.19. The van der Waals surface area contributed by atoms with Crippen molar-refractivity contribution in [1.82, 2.24) is 14.5 Å². The lowest BCUT2D eigenvalue weighted by Gasteiger charge is -2.35. The van der Waals surface area contributed by atoms with Crippen LogP contribution in [-0.4, -0.2) is 62.8 Å². The quantitative estimate of drug-likeness (QED) is 0.681. The van der Waals surface area contributed by atoms with Crippen molar-refractivity contribution in [2.45, 2.75) is 63.8 Å². The number of hydrogen-bond donors (Lipinski definition) is 1. The maximum Gasteiger partial charge on any atom is 0.243 e. The zero-order chi connectivity index (χ0) is 20.7. The van der Waals surface area contributed by atoms with Crippen molar-refractivity contribution >= 4 is 15.9 Å². The molecule has 1 atom stereocenters. The number of benzene rings is 1. The van der Waals surface area contributed by atoms with Gasteiger partial charge in [-0.05, 0) is 69.5 Å². The molecule has 1 fully saturated rings. The van der Waals surface area contributed by atoms with Crippen LogP contribution in [0, 0.1) is 13.8 Å². The summed E-state index contributed by atoms with van der Waals surface area (Å²) in [6, 6.07) is 5.40. The lowest BCUT2D eigenvalue weighted by Crippen LogP contribution is -2.48. The van der Waals surface area contributed by atoms with Crippen molar-refractivity contribution < 1.29 is 13.2 Å². The van der Waals surface area contributed by atoms with Crippen LogP contribution >= 0.6 is 0 Å². The van der Waals surface area contributed by atoms with E-state index >= 15 is 0 Å². The van der Waals surface area contributed by atoms with Crippen LogP contribution in [0.5, 0.6) is 0 Å². The summed E-state index contributed by atoms with van der Waals surface area (Å²) in [7, 11) is -2.22. The topological polar surface area (TPSA) is 69.7 Å². The van der Waals surface area contributed by atoms with Gasteiger partial charge < -0.3 is 5.32 Å². The van der Waals surface area contributed by atoms with Gasteiger partial charge in [0, 0.05) is 19.6 Å². The Morgan fingerprint density at radius 2 is 2.00 bits per heavy atom. The number of piperidine rings is 1. The van der Waals surface area contributed by atoms with Gasteiger partial charge in [-0.2, -0.15) is 4.31 Å². The smallest absolute Gasteiger partial charge is 0.243 e. The van der Waals surface area contributed by atoms with E-state index in [1.54, 1.807) is 18.2 Å². The molecule has 1 aliphatic rings. The SMILES string of the molecule is CCCCN1CCCCC1CNC(=O)CN(C)S(=O)(=O)c1ccc(C)c(C)c1. The van der Waals surface area contributed by atoms with Crippen molar-refractivity contribution in [2.24, 2.45) is 0 Å². The molecule has 0 aromatic heterocycles. The molecule has 0 spiro atoms. The molecule has 1 saturated heterocycles. The number of amides is 1. The molecule has 1 aromatic carbocycles. The van der Waals surface area contributed by atoms with Crippen molar-refractivity contribution in [3.63, 3.8) is 0 Å². The fourth-order valence-corrected chi connectivity index (χ4v) is 4.79. The maximum atomic E-state index is 12.7. The highest BCUT2D eigenvalue weighted by molar-refractivity contribution is 7.89. The molecule has 0 radical (unpaired) electrons. The Morgan fingerprint density at radius 3 is 2.68 bits per heavy atom. The highest BCUT2D eigenvalue weighted by atomic mass is 32.2. The third-order valence-corrected chi connectivity index (χ3v) is 7.44. The van der Waals surface area contributed by atoms with Crippen molar-refractivity contribution in [2.75, 3.05) is 33.2 Å². The van der Waals surface area contributed by atoms with E-state index in [9.17, 15) is 13.2 Å². The molecule has 7 heteroatoms. The number of unbranched alkanes of at least 4 members (excludes halogenated alkanes) is 1. The van der Waals surface area contributed by atoms with Crippen LogP contribution in [-0.2, 0) is 14.8 Å².